The summed E-state index contributed by atoms with van der Waals surface area (Å²) in [5, 5.41) is 12.9. The van der Waals surface area contributed by atoms with Gasteiger partial charge in [-0.3, -0.25) is 9.88 Å². The first-order chi connectivity index (χ1) is 16.0. The van der Waals surface area contributed by atoms with Crippen molar-refractivity contribution in [2.24, 2.45) is 11.8 Å². The van der Waals surface area contributed by atoms with Gasteiger partial charge in [0.15, 0.2) is 11.3 Å². The van der Waals surface area contributed by atoms with Crippen LogP contribution in [-0.4, -0.2) is 48.1 Å². The van der Waals surface area contributed by atoms with Crippen LogP contribution in [0.1, 0.15) is 45.3 Å². The highest BCUT2D eigenvalue weighted by atomic mass is 28.3. The van der Waals surface area contributed by atoms with E-state index in [1.165, 1.54) is 6.42 Å². The fourth-order valence-corrected chi connectivity index (χ4v) is 8.98. The second-order valence-electron chi connectivity index (χ2n) is 9.64. The van der Waals surface area contributed by atoms with Crippen molar-refractivity contribution >= 4 is 24.9 Å². The summed E-state index contributed by atoms with van der Waals surface area (Å²) in [7, 11) is -1.99. The van der Waals surface area contributed by atoms with Crippen LogP contribution in [0.2, 0.25) is 18.1 Å². The Morgan fingerprint density at radius 2 is 2.09 bits per heavy atom. The summed E-state index contributed by atoms with van der Waals surface area (Å²) in [5.41, 5.74) is 1.69. The number of benzene rings is 1. The molecule has 1 N–H and O–H groups in total. The first-order valence-corrected chi connectivity index (χ1v) is 15.0. The Morgan fingerprint density at radius 3 is 2.70 bits per heavy atom. The molecule has 0 spiro atoms. The SMILES string of the molecule is C=C[C@H]1CN2CC[C@H]1C[C@H]2[C@H](O)c1ccnc2ccc(OC(=C=O)[Si](CC)(CC)CC)cc12. The van der Waals surface area contributed by atoms with Crippen molar-refractivity contribution in [2.45, 2.75) is 63.9 Å². The number of rotatable bonds is 9. The van der Waals surface area contributed by atoms with Gasteiger partial charge in [0.25, 0.3) is 0 Å². The van der Waals surface area contributed by atoms with Gasteiger partial charge < -0.3 is 9.84 Å². The fourth-order valence-electron chi connectivity index (χ4n) is 5.97. The highest BCUT2D eigenvalue weighted by molar-refractivity contribution is 6.86. The quantitative estimate of drug-likeness (QED) is 0.236. The Kier molecular flexibility index (Phi) is 7.20. The Morgan fingerprint density at radius 1 is 1.33 bits per heavy atom. The number of pyridine rings is 1. The predicted molar refractivity (Wildman–Crippen MR) is 136 cm³/mol. The Balaban J connectivity index is 1.65. The first-order valence-electron chi connectivity index (χ1n) is 12.4. The third-order valence-electron chi connectivity index (χ3n) is 8.41. The molecular formula is C27H36N2O3Si. The lowest BCUT2D eigenvalue weighted by Gasteiger charge is -2.50. The minimum absolute atomic E-state index is 0.0980. The summed E-state index contributed by atoms with van der Waals surface area (Å²) < 4.78 is 6.19. The summed E-state index contributed by atoms with van der Waals surface area (Å²) >= 11 is 0. The average Bonchev–Trinajstić information content (AvgIpc) is 2.88. The summed E-state index contributed by atoms with van der Waals surface area (Å²) in [6.45, 7) is 12.4. The van der Waals surface area contributed by atoms with E-state index in [4.69, 9.17) is 4.74 Å². The molecule has 176 valence electrons. The highest BCUT2D eigenvalue weighted by Gasteiger charge is 2.42. The zero-order valence-corrected chi connectivity index (χ0v) is 21.1. The topological polar surface area (TPSA) is 62.7 Å². The molecule has 2 aromatic rings. The Labute approximate surface area is 198 Å². The number of ether oxygens (including phenoxy) is 1. The third kappa shape index (κ3) is 4.33. The van der Waals surface area contributed by atoms with Crippen LogP contribution in [0.5, 0.6) is 5.75 Å². The zero-order valence-electron chi connectivity index (χ0n) is 20.1. The Bertz CT molecular complexity index is 1050. The summed E-state index contributed by atoms with van der Waals surface area (Å²) in [4.78, 5) is 18.8. The molecule has 5 nitrogen and oxygen atoms in total. The Hall–Kier alpha value is -2.24. The number of aliphatic hydroxyl groups excluding tert-OH is 1. The largest absolute Gasteiger partial charge is 0.456 e. The second kappa shape index (κ2) is 9.94. The zero-order chi connectivity index (χ0) is 23.6. The number of hydrogen-bond acceptors (Lipinski definition) is 5. The fraction of sp³-hybridized carbons (Fsp3) is 0.519. The molecule has 5 atom stereocenters. The van der Waals surface area contributed by atoms with Crippen molar-refractivity contribution in [3.8, 4) is 5.75 Å². The molecule has 1 unspecified atom stereocenters. The predicted octanol–water partition coefficient (Wildman–Crippen LogP) is 5.31. The van der Waals surface area contributed by atoms with E-state index in [0.29, 0.717) is 23.0 Å². The molecule has 5 rings (SSSR count). The van der Waals surface area contributed by atoms with Gasteiger partial charge in [0.1, 0.15) is 13.8 Å². The van der Waals surface area contributed by atoms with E-state index < -0.39 is 14.2 Å². The molecule has 6 heteroatoms. The maximum absolute atomic E-state index is 11.9. The van der Waals surface area contributed by atoms with Crippen molar-refractivity contribution in [3.63, 3.8) is 0 Å². The lowest BCUT2D eigenvalue weighted by molar-refractivity contribution is -0.0444. The van der Waals surface area contributed by atoms with E-state index >= 15 is 0 Å². The van der Waals surface area contributed by atoms with E-state index in [1.807, 2.05) is 24.3 Å². The molecule has 0 saturated carbocycles. The summed E-state index contributed by atoms with van der Waals surface area (Å²) in [6, 6.07) is 10.6. The maximum Gasteiger partial charge on any atom is 0.163 e. The van der Waals surface area contributed by atoms with Gasteiger partial charge in [-0.2, -0.15) is 0 Å². The number of fused-ring (bicyclic) bond motifs is 4. The maximum atomic E-state index is 11.9. The van der Waals surface area contributed by atoms with Crippen LogP contribution >= 0.6 is 0 Å². The average molecular weight is 465 g/mol. The van der Waals surface area contributed by atoms with Gasteiger partial charge in [0.05, 0.1) is 11.6 Å². The van der Waals surface area contributed by atoms with E-state index in [1.54, 1.807) is 6.20 Å². The van der Waals surface area contributed by atoms with E-state index in [9.17, 15) is 9.90 Å². The molecule has 1 aromatic heterocycles. The lowest BCUT2D eigenvalue weighted by Crippen LogP contribution is -2.54. The first kappa shape index (κ1) is 23.9. The van der Waals surface area contributed by atoms with E-state index in [0.717, 1.165) is 54.1 Å². The monoisotopic (exact) mass is 464 g/mol. The number of aliphatic hydroxyl groups is 1. The number of nitrogens with zero attached hydrogens (tertiary/aromatic N) is 2. The van der Waals surface area contributed by atoms with Crippen molar-refractivity contribution in [1.82, 2.24) is 9.88 Å². The lowest BCUT2D eigenvalue weighted by atomic mass is 9.73. The molecule has 3 aliphatic heterocycles. The molecule has 0 amide bonds. The van der Waals surface area contributed by atoms with Gasteiger partial charge in [-0.15, -0.1) is 6.58 Å². The van der Waals surface area contributed by atoms with Gasteiger partial charge in [-0.05, 0) is 61.1 Å². The highest BCUT2D eigenvalue weighted by Crippen LogP contribution is 2.42. The molecule has 4 heterocycles. The molecule has 3 fully saturated rings. The van der Waals surface area contributed by atoms with Crippen LogP contribution < -0.4 is 4.74 Å². The molecule has 33 heavy (non-hydrogen) atoms. The number of aromatic nitrogens is 1. The van der Waals surface area contributed by atoms with E-state index in [-0.39, 0.29) is 6.04 Å². The van der Waals surface area contributed by atoms with Crippen LogP contribution in [0.25, 0.3) is 10.9 Å². The van der Waals surface area contributed by atoms with Crippen molar-refractivity contribution < 1.29 is 14.6 Å². The van der Waals surface area contributed by atoms with Crippen LogP contribution in [0.4, 0.5) is 0 Å². The summed E-state index contributed by atoms with van der Waals surface area (Å²) in [6.07, 6.45) is 5.40. The molecule has 3 aliphatic rings. The summed E-state index contributed by atoms with van der Waals surface area (Å²) in [5.74, 6) is 3.86. The molecule has 0 aliphatic carbocycles. The molecule has 0 radical (unpaired) electrons. The molecular weight excluding hydrogens is 428 g/mol. The second-order valence-corrected chi connectivity index (χ2v) is 14.8. The van der Waals surface area contributed by atoms with Crippen LogP contribution in [0.15, 0.2) is 48.5 Å². The van der Waals surface area contributed by atoms with Gasteiger partial charge >= 0.3 is 0 Å². The van der Waals surface area contributed by atoms with Crippen LogP contribution in [-0.2, 0) is 4.79 Å². The van der Waals surface area contributed by atoms with Gasteiger partial charge in [-0.1, -0.05) is 45.0 Å². The number of carbonyl (C=O) groups excluding carboxylic acids is 1. The number of piperidine rings is 3. The van der Waals surface area contributed by atoms with Crippen molar-refractivity contribution in [3.05, 3.63) is 54.1 Å². The molecule has 2 bridgehead atoms. The number of hydrogen-bond donors (Lipinski definition) is 1. The van der Waals surface area contributed by atoms with Gasteiger partial charge in [-0.25, -0.2) is 4.79 Å². The molecule has 3 saturated heterocycles. The minimum atomic E-state index is -1.99. The van der Waals surface area contributed by atoms with Crippen LogP contribution in [0, 0.1) is 11.8 Å². The van der Waals surface area contributed by atoms with Gasteiger partial charge in [0.2, 0.25) is 0 Å². The van der Waals surface area contributed by atoms with Crippen LogP contribution in [0.3, 0.4) is 0 Å². The standard InChI is InChI=1S/C27H36N2O3Si/c1-5-19-17-29-14-12-20(19)15-25(29)27(31)22-11-13-28-24-10-9-21(16-23(22)24)32-26(18-30)33(6-2,7-3)8-4/h5,9-11,13,16,19-20,25,27,31H,1,6-8,12,14-15,17H2,2-4H3/t19-,20-,25-,27+/m0/s1. The van der Waals surface area contributed by atoms with Crippen molar-refractivity contribution in [1.29, 1.82) is 0 Å². The minimum Gasteiger partial charge on any atom is -0.456 e. The van der Waals surface area contributed by atoms with Crippen molar-refractivity contribution in [2.75, 3.05) is 13.1 Å². The smallest absolute Gasteiger partial charge is 0.163 e. The van der Waals surface area contributed by atoms with E-state index in [2.05, 4.69) is 49.3 Å². The third-order valence-corrected chi connectivity index (χ3v) is 13.6. The molecule has 1 aromatic carbocycles. The van der Waals surface area contributed by atoms with Gasteiger partial charge in [0, 0.05) is 24.2 Å². The normalized spacial score (nSPS) is 25.5.